The molecule has 0 aromatic heterocycles. The molecule has 2 saturated heterocycles. The summed E-state index contributed by atoms with van der Waals surface area (Å²) >= 11 is 0. The molecule has 0 spiro atoms. The van der Waals surface area contributed by atoms with Crippen molar-refractivity contribution < 1.29 is 66.2 Å². The van der Waals surface area contributed by atoms with Crippen LogP contribution in [0.25, 0.3) is 44.5 Å². The average Bonchev–Trinajstić information content (AvgIpc) is 3.94. The number of carbonyl (C=O) groups is 4. The number of hydrogen-bond acceptors (Lipinski definition) is 12. The van der Waals surface area contributed by atoms with Gasteiger partial charge in [0.05, 0.1) is 22.3 Å². The summed E-state index contributed by atoms with van der Waals surface area (Å²) in [6.45, 7) is -0.716. The Bertz CT molecular complexity index is 3200. The fourth-order valence-corrected chi connectivity index (χ4v) is 8.70. The molecule has 0 amide bonds. The number of esters is 4. The summed E-state index contributed by atoms with van der Waals surface area (Å²) in [6, 6.07) is 66.1. The van der Waals surface area contributed by atoms with Crippen LogP contribution in [-0.2, 0) is 33.2 Å². The summed E-state index contributed by atoms with van der Waals surface area (Å²) in [6.07, 6.45) is -11.8. The molecule has 2 fully saturated rings. The molecule has 0 saturated carbocycles. The summed E-state index contributed by atoms with van der Waals surface area (Å²) in [5.74, 6) is -2.74. The van der Waals surface area contributed by atoms with Crippen molar-refractivity contribution in [3.8, 4) is 44.5 Å². The molecule has 8 atom stereocenters. The van der Waals surface area contributed by atoms with Gasteiger partial charge in [0.2, 0.25) is 0 Å². The number of aliphatic hydroxyl groups excluding tert-OH is 1. The summed E-state index contributed by atoms with van der Waals surface area (Å²) < 4.78 is 67.1. The second-order valence-corrected chi connectivity index (χ2v) is 17.9. The van der Waals surface area contributed by atoms with Crippen LogP contribution >= 0.6 is 0 Å². The Morgan fingerprint density at radius 3 is 0.974 bits per heavy atom. The molecule has 2 unspecified atom stereocenters. The van der Waals surface area contributed by atoms with E-state index in [1.807, 2.05) is 133 Å². The van der Waals surface area contributed by atoms with Crippen LogP contribution in [0.1, 0.15) is 41.4 Å². The van der Waals surface area contributed by atoms with Gasteiger partial charge in [0.15, 0.2) is 37.1 Å². The normalized spacial score (nSPS) is 20.5. The second-order valence-electron chi connectivity index (χ2n) is 17.9. The van der Waals surface area contributed by atoms with Gasteiger partial charge >= 0.3 is 23.9 Å². The van der Waals surface area contributed by atoms with E-state index in [0.29, 0.717) is 11.1 Å². The number of benzene rings is 8. The first-order valence-corrected chi connectivity index (χ1v) is 24.7. The molecule has 10 rings (SSSR count). The van der Waals surface area contributed by atoms with E-state index in [9.17, 15) is 28.7 Å². The van der Waals surface area contributed by atoms with Crippen molar-refractivity contribution >= 4 is 23.9 Å². The topological polar surface area (TPSA) is 153 Å². The van der Waals surface area contributed by atoms with Crippen molar-refractivity contribution in [2.24, 2.45) is 0 Å². The Balaban J connectivity index is 0.000000188. The predicted octanol–water partition coefficient (Wildman–Crippen LogP) is 11.6. The van der Waals surface area contributed by atoms with Crippen LogP contribution in [0.5, 0.6) is 0 Å². The molecular weight excluding hydrogens is 987 g/mol. The van der Waals surface area contributed by atoms with E-state index < -0.39 is 79.8 Å². The lowest BCUT2D eigenvalue weighted by Gasteiger charge is -2.19. The number of aliphatic hydroxyl groups is 1. The molecule has 0 aliphatic carbocycles. The van der Waals surface area contributed by atoms with Crippen molar-refractivity contribution in [1.29, 1.82) is 0 Å². The lowest BCUT2D eigenvalue weighted by Crippen LogP contribution is -2.37. The van der Waals surface area contributed by atoms with Crippen LogP contribution in [-0.4, -0.2) is 98.6 Å². The molecule has 8 aromatic rings. The maximum Gasteiger partial charge on any atom is 0.338 e. The van der Waals surface area contributed by atoms with Gasteiger partial charge in [-0.05, 0) is 93.0 Å². The zero-order valence-electron chi connectivity index (χ0n) is 41.5. The molecule has 2 aliphatic heterocycles. The summed E-state index contributed by atoms with van der Waals surface area (Å²) in [4.78, 5) is 50.8. The van der Waals surface area contributed by atoms with Crippen molar-refractivity contribution in [3.05, 3.63) is 241 Å². The van der Waals surface area contributed by atoms with Crippen molar-refractivity contribution in [3.63, 3.8) is 0 Å². The molecule has 0 radical (unpaired) electrons. The van der Waals surface area contributed by atoms with Gasteiger partial charge in [-0.2, -0.15) is 0 Å². The average molecular weight is 1040 g/mol. The summed E-state index contributed by atoms with van der Waals surface area (Å²) in [5, 5.41) is 9.88. The van der Waals surface area contributed by atoms with Crippen molar-refractivity contribution in [1.82, 2.24) is 0 Å². The quantitative estimate of drug-likeness (QED) is 0.0768. The van der Waals surface area contributed by atoms with Crippen LogP contribution in [0.2, 0.25) is 0 Å². The standard InChI is InChI=1S/C32H27FO6.C31H25FO6/c1-36-32-28(33)29(39-31(35)26-18-14-24(15-19-26)22-10-6-3-7-11-22)27(38-32)20-37-30(34)25-16-12-23(13-17-25)21-8-4-2-5-9-21;32-27-28(38-30(34)25-17-13-23(14-18-25)21-9-5-2-6-10-21)26(37-31(27)35)19-36-29(33)24-15-11-22(12-16-24)20-7-3-1-4-8-20/h2-19,27-29,32H,20H2,1H3;1-18,26-28,31,35H,19H2/t27-,28+,29-,32?;26-,27+,28-,31?/m11/s1. The Morgan fingerprint density at radius 2 is 0.662 bits per heavy atom. The first-order chi connectivity index (χ1) is 37.5. The maximum absolute atomic E-state index is 15.0. The van der Waals surface area contributed by atoms with E-state index in [0.717, 1.165) is 44.5 Å². The lowest BCUT2D eigenvalue weighted by molar-refractivity contribution is -0.142. The van der Waals surface area contributed by atoms with Crippen molar-refractivity contribution in [2.75, 3.05) is 20.3 Å². The Kier molecular flexibility index (Phi) is 17.4. The van der Waals surface area contributed by atoms with E-state index >= 15 is 4.39 Å². The SMILES string of the molecule is COC1O[C@H](COC(=O)c2ccc(-c3ccccc3)cc2)[C@@H](OC(=O)c2ccc(-c3ccccc3)cc2)[C@@H]1F.O=C(OC[C@H]1OC(O)[C@@H](F)[C@@H]1OC(=O)c1ccc(-c2ccccc2)cc1)c1ccc(-c2ccccc2)cc1. The third-order valence-corrected chi connectivity index (χ3v) is 12.9. The molecule has 0 bridgehead atoms. The highest BCUT2D eigenvalue weighted by Crippen LogP contribution is 2.31. The van der Waals surface area contributed by atoms with E-state index in [2.05, 4.69) is 0 Å². The number of methoxy groups -OCH3 is 1. The third-order valence-electron chi connectivity index (χ3n) is 12.9. The highest BCUT2D eigenvalue weighted by atomic mass is 19.1. The van der Waals surface area contributed by atoms with Crippen LogP contribution in [0.4, 0.5) is 8.78 Å². The number of ether oxygens (including phenoxy) is 7. The number of rotatable bonds is 15. The van der Waals surface area contributed by atoms with E-state index in [1.165, 1.54) is 7.11 Å². The largest absolute Gasteiger partial charge is 0.459 e. The van der Waals surface area contributed by atoms with Gasteiger partial charge in [-0.3, -0.25) is 0 Å². The minimum Gasteiger partial charge on any atom is -0.459 e. The Morgan fingerprint density at radius 1 is 0.390 bits per heavy atom. The smallest absolute Gasteiger partial charge is 0.338 e. The zero-order valence-corrected chi connectivity index (χ0v) is 41.5. The summed E-state index contributed by atoms with van der Waals surface area (Å²) in [7, 11) is 1.29. The number of alkyl halides is 2. The highest BCUT2D eigenvalue weighted by molar-refractivity contribution is 5.92. The van der Waals surface area contributed by atoms with Crippen LogP contribution in [0, 0.1) is 0 Å². The number of halogens is 2. The molecule has 8 aromatic carbocycles. The number of carbonyl (C=O) groups excluding carboxylic acids is 4. The fourth-order valence-electron chi connectivity index (χ4n) is 8.70. The van der Waals surface area contributed by atoms with E-state index in [-0.39, 0.29) is 17.7 Å². The molecule has 1 N–H and O–H groups in total. The van der Waals surface area contributed by atoms with Gasteiger partial charge in [0.1, 0.15) is 25.4 Å². The lowest BCUT2D eigenvalue weighted by atomic mass is 10.0. The van der Waals surface area contributed by atoms with E-state index in [4.69, 9.17) is 33.2 Å². The zero-order chi connectivity index (χ0) is 53.7. The van der Waals surface area contributed by atoms with Crippen LogP contribution < -0.4 is 0 Å². The summed E-state index contributed by atoms with van der Waals surface area (Å²) in [5.41, 5.74) is 8.87. The number of hydrogen-bond donors (Lipinski definition) is 1. The van der Waals surface area contributed by atoms with Crippen LogP contribution in [0.15, 0.2) is 218 Å². The first-order valence-electron chi connectivity index (χ1n) is 24.7. The van der Waals surface area contributed by atoms with Gasteiger partial charge in [-0.15, -0.1) is 0 Å². The molecular formula is C63H52F2O12. The third kappa shape index (κ3) is 13.2. The molecule has 2 heterocycles. The monoisotopic (exact) mass is 1040 g/mol. The second kappa shape index (κ2) is 25.2. The minimum atomic E-state index is -1.99. The van der Waals surface area contributed by atoms with Gasteiger partial charge in [0, 0.05) is 7.11 Å². The Hall–Kier alpha value is -8.66. The van der Waals surface area contributed by atoms with Crippen molar-refractivity contribution in [2.45, 2.75) is 49.3 Å². The fraction of sp³-hybridized carbons (Fsp3) is 0.175. The first kappa shape index (κ1) is 53.2. The van der Waals surface area contributed by atoms with Gasteiger partial charge < -0.3 is 38.3 Å². The molecule has 390 valence electrons. The molecule has 12 nitrogen and oxygen atoms in total. The molecule has 77 heavy (non-hydrogen) atoms. The minimum absolute atomic E-state index is 0.215. The van der Waals surface area contributed by atoms with Gasteiger partial charge in [-0.25, -0.2) is 28.0 Å². The maximum atomic E-state index is 15.0. The predicted molar refractivity (Wildman–Crippen MR) is 283 cm³/mol. The van der Waals surface area contributed by atoms with Crippen LogP contribution in [0.3, 0.4) is 0 Å². The van der Waals surface area contributed by atoms with Gasteiger partial charge in [0.25, 0.3) is 0 Å². The molecule has 2 aliphatic rings. The van der Waals surface area contributed by atoms with E-state index in [1.54, 1.807) is 84.9 Å². The molecule has 14 heteroatoms. The highest BCUT2D eigenvalue weighted by Gasteiger charge is 2.49. The van der Waals surface area contributed by atoms with Gasteiger partial charge in [-0.1, -0.05) is 170 Å². The Labute approximate surface area is 443 Å².